The molecule has 0 saturated carbocycles. The molecular weight excluding hydrogens is 310 g/mol. The molecule has 1 saturated heterocycles. The third kappa shape index (κ3) is 4.71. The van der Waals surface area contributed by atoms with Gasteiger partial charge in [-0.25, -0.2) is 0 Å². The SMILES string of the molecule is COc1cccc(C(=O)N2CCCN(C(=O)CNC(C)=O)CC2)c1. The Morgan fingerprint density at radius 2 is 1.83 bits per heavy atom. The summed E-state index contributed by atoms with van der Waals surface area (Å²) < 4.78 is 5.15. The van der Waals surface area contributed by atoms with Crippen LogP contribution in [0.4, 0.5) is 0 Å². The quantitative estimate of drug-likeness (QED) is 0.870. The maximum Gasteiger partial charge on any atom is 0.254 e. The monoisotopic (exact) mass is 333 g/mol. The van der Waals surface area contributed by atoms with Gasteiger partial charge in [0.2, 0.25) is 11.8 Å². The lowest BCUT2D eigenvalue weighted by molar-refractivity contribution is -0.132. The van der Waals surface area contributed by atoms with E-state index in [0.717, 1.165) is 0 Å². The number of rotatable bonds is 4. The second-order valence-corrected chi connectivity index (χ2v) is 5.67. The number of amides is 3. The van der Waals surface area contributed by atoms with Gasteiger partial charge in [-0.3, -0.25) is 14.4 Å². The highest BCUT2D eigenvalue weighted by Crippen LogP contribution is 2.15. The van der Waals surface area contributed by atoms with E-state index in [4.69, 9.17) is 4.74 Å². The molecule has 1 aromatic carbocycles. The number of benzene rings is 1. The third-order valence-electron chi connectivity index (χ3n) is 3.94. The van der Waals surface area contributed by atoms with E-state index in [1.165, 1.54) is 6.92 Å². The Bertz CT molecular complexity index is 618. The largest absolute Gasteiger partial charge is 0.497 e. The Labute approximate surface area is 141 Å². The highest BCUT2D eigenvalue weighted by Gasteiger charge is 2.23. The van der Waals surface area contributed by atoms with Crippen molar-refractivity contribution in [2.24, 2.45) is 0 Å². The Morgan fingerprint density at radius 1 is 1.12 bits per heavy atom. The maximum atomic E-state index is 12.6. The van der Waals surface area contributed by atoms with E-state index in [-0.39, 0.29) is 24.3 Å². The van der Waals surface area contributed by atoms with E-state index >= 15 is 0 Å². The van der Waals surface area contributed by atoms with E-state index in [1.807, 2.05) is 0 Å². The highest BCUT2D eigenvalue weighted by atomic mass is 16.5. The molecule has 0 aliphatic carbocycles. The van der Waals surface area contributed by atoms with Crippen molar-refractivity contribution in [3.05, 3.63) is 29.8 Å². The molecule has 0 radical (unpaired) electrons. The number of nitrogens with zero attached hydrogens (tertiary/aromatic N) is 2. The second-order valence-electron chi connectivity index (χ2n) is 5.67. The first-order valence-electron chi connectivity index (χ1n) is 7.97. The summed E-state index contributed by atoms with van der Waals surface area (Å²) >= 11 is 0. The summed E-state index contributed by atoms with van der Waals surface area (Å²) in [5, 5.41) is 2.51. The van der Waals surface area contributed by atoms with Crippen LogP contribution in [-0.2, 0) is 9.59 Å². The number of methoxy groups -OCH3 is 1. The molecule has 2 rings (SSSR count). The van der Waals surface area contributed by atoms with Crippen molar-refractivity contribution in [2.75, 3.05) is 39.8 Å². The Kier molecular flexibility index (Phi) is 6.17. The van der Waals surface area contributed by atoms with Crippen LogP contribution >= 0.6 is 0 Å². The fourth-order valence-corrected chi connectivity index (χ4v) is 2.62. The molecule has 0 atom stereocenters. The van der Waals surface area contributed by atoms with Crippen LogP contribution in [0.5, 0.6) is 5.75 Å². The molecule has 1 N–H and O–H groups in total. The molecule has 3 amide bonds. The molecule has 1 aliphatic heterocycles. The van der Waals surface area contributed by atoms with Gasteiger partial charge in [0, 0.05) is 38.7 Å². The van der Waals surface area contributed by atoms with Gasteiger partial charge in [-0.1, -0.05) is 6.07 Å². The highest BCUT2D eigenvalue weighted by molar-refractivity contribution is 5.94. The van der Waals surface area contributed by atoms with Gasteiger partial charge in [0.25, 0.3) is 5.91 Å². The fourth-order valence-electron chi connectivity index (χ4n) is 2.62. The lowest BCUT2D eigenvalue weighted by atomic mass is 10.2. The molecule has 7 heteroatoms. The van der Waals surface area contributed by atoms with Crippen LogP contribution in [0, 0.1) is 0 Å². The minimum atomic E-state index is -0.229. The van der Waals surface area contributed by atoms with Gasteiger partial charge in [-0.05, 0) is 24.6 Å². The van der Waals surface area contributed by atoms with E-state index in [2.05, 4.69) is 5.32 Å². The van der Waals surface area contributed by atoms with Gasteiger partial charge < -0.3 is 19.9 Å². The van der Waals surface area contributed by atoms with Gasteiger partial charge in [-0.2, -0.15) is 0 Å². The van der Waals surface area contributed by atoms with E-state index in [9.17, 15) is 14.4 Å². The Balaban J connectivity index is 1.95. The summed E-state index contributed by atoms with van der Waals surface area (Å²) in [7, 11) is 1.56. The van der Waals surface area contributed by atoms with Gasteiger partial charge in [0.1, 0.15) is 5.75 Å². The molecule has 24 heavy (non-hydrogen) atoms. The molecule has 130 valence electrons. The van der Waals surface area contributed by atoms with Crippen LogP contribution in [0.1, 0.15) is 23.7 Å². The number of ether oxygens (including phenoxy) is 1. The molecule has 0 bridgehead atoms. The topological polar surface area (TPSA) is 79.0 Å². The maximum absolute atomic E-state index is 12.6. The molecule has 0 aromatic heterocycles. The predicted octanol–water partition coefficient (Wildman–Crippen LogP) is 0.506. The van der Waals surface area contributed by atoms with Crippen LogP contribution in [0.3, 0.4) is 0 Å². The molecule has 1 fully saturated rings. The van der Waals surface area contributed by atoms with Gasteiger partial charge in [0.05, 0.1) is 13.7 Å². The van der Waals surface area contributed by atoms with Crippen LogP contribution in [-0.4, -0.2) is 67.4 Å². The second kappa shape index (κ2) is 8.33. The summed E-state index contributed by atoms with van der Waals surface area (Å²) in [6, 6.07) is 7.05. The summed E-state index contributed by atoms with van der Waals surface area (Å²) in [6.07, 6.45) is 0.710. The van der Waals surface area contributed by atoms with E-state index in [0.29, 0.717) is 43.9 Å². The molecule has 1 aliphatic rings. The van der Waals surface area contributed by atoms with Gasteiger partial charge >= 0.3 is 0 Å². The van der Waals surface area contributed by atoms with Gasteiger partial charge in [0.15, 0.2) is 0 Å². The molecule has 1 aromatic rings. The summed E-state index contributed by atoms with van der Waals surface area (Å²) in [5.41, 5.74) is 0.576. The zero-order valence-corrected chi connectivity index (χ0v) is 14.1. The number of nitrogens with one attached hydrogen (secondary N) is 1. The average molecular weight is 333 g/mol. The minimum Gasteiger partial charge on any atom is -0.497 e. The summed E-state index contributed by atoms with van der Waals surface area (Å²) in [4.78, 5) is 39.0. The molecule has 0 unspecified atom stereocenters. The number of carbonyl (C=O) groups is 3. The first kappa shape index (κ1) is 17.8. The fraction of sp³-hybridized carbons (Fsp3) is 0.471. The normalized spacial score (nSPS) is 14.8. The molecular formula is C17H23N3O4. The van der Waals surface area contributed by atoms with Crippen molar-refractivity contribution in [3.63, 3.8) is 0 Å². The van der Waals surface area contributed by atoms with Crippen molar-refractivity contribution >= 4 is 17.7 Å². The van der Waals surface area contributed by atoms with Gasteiger partial charge in [-0.15, -0.1) is 0 Å². The van der Waals surface area contributed by atoms with E-state index < -0.39 is 0 Å². The molecule has 0 spiro atoms. The lowest BCUT2D eigenvalue weighted by Gasteiger charge is -2.22. The van der Waals surface area contributed by atoms with E-state index in [1.54, 1.807) is 41.2 Å². The van der Waals surface area contributed by atoms with Crippen molar-refractivity contribution in [1.29, 1.82) is 0 Å². The number of hydrogen-bond donors (Lipinski definition) is 1. The smallest absolute Gasteiger partial charge is 0.254 e. The van der Waals surface area contributed by atoms with Crippen molar-refractivity contribution < 1.29 is 19.1 Å². The van der Waals surface area contributed by atoms with Crippen LogP contribution in [0.25, 0.3) is 0 Å². The first-order chi connectivity index (χ1) is 11.5. The van der Waals surface area contributed by atoms with Crippen LogP contribution in [0.2, 0.25) is 0 Å². The zero-order valence-electron chi connectivity index (χ0n) is 14.1. The third-order valence-corrected chi connectivity index (χ3v) is 3.94. The Morgan fingerprint density at radius 3 is 2.54 bits per heavy atom. The average Bonchev–Trinajstić information content (AvgIpc) is 2.85. The lowest BCUT2D eigenvalue weighted by Crippen LogP contribution is -2.42. The minimum absolute atomic E-state index is 0.000829. The van der Waals surface area contributed by atoms with Crippen molar-refractivity contribution in [3.8, 4) is 5.75 Å². The number of carbonyl (C=O) groups excluding carboxylic acids is 3. The summed E-state index contributed by atoms with van der Waals surface area (Å²) in [6.45, 7) is 3.50. The first-order valence-corrected chi connectivity index (χ1v) is 7.97. The van der Waals surface area contributed by atoms with Crippen molar-refractivity contribution in [1.82, 2.24) is 15.1 Å². The molecule has 1 heterocycles. The molecule has 7 nitrogen and oxygen atoms in total. The Hall–Kier alpha value is -2.57. The van der Waals surface area contributed by atoms with Crippen LogP contribution in [0.15, 0.2) is 24.3 Å². The standard InChI is InChI=1S/C17H23N3O4/c1-13(21)18-12-16(22)19-7-4-8-20(10-9-19)17(23)14-5-3-6-15(11-14)24-2/h3,5-6,11H,4,7-10,12H2,1-2H3,(H,18,21). The predicted molar refractivity (Wildman–Crippen MR) is 88.8 cm³/mol. The summed E-state index contributed by atoms with van der Waals surface area (Å²) in [5.74, 6) is 0.224. The van der Waals surface area contributed by atoms with Crippen molar-refractivity contribution in [2.45, 2.75) is 13.3 Å². The zero-order chi connectivity index (χ0) is 17.5. The van der Waals surface area contributed by atoms with Crippen LogP contribution < -0.4 is 10.1 Å². The number of hydrogen-bond acceptors (Lipinski definition) is 4.